The summed E-state index contributed by atoms with van der Waals surface area (Å²) in [4.78, 5) is 12.8. The number of amides is 1. The molecule has 0 saturated carbocycles. The smallest absolute Gasteiger partial charge is 0.248 e. The maximum absolute atomic E-state index is 10.5. The second-order valence-corrected chi connectivity index (χ2v) is 7.66. The molecule has 0 spiro atoms. The fraction of sp³-hybridized carbons (Fsp3) is 0.435. The highest BCUT2D eigenvalue weighted by atomic mass is 16.6. The average Bonchev–Trinajstić information content (AvgIpc) is 3.41. The third-order valence-corrected chi connectivity index (χ3v) is 5.55. The Labute approximate surface area is 181 Å². The molecule has 0 aromatic heterocycles. The van der Waals surface area contributed by atoms with E-state index in [1.807, 2.05) is 12.1 Å². The number of hydrogen-bond acceptors (Lipinski definition) is 7. The van der Waals surface area contributed by atoms with Crippen LogP contribution in [-0.2, 0) is 14.2 Å². The molecule has 3 aliphatic rings. The number of ether oxygens (including phenoxy) is 4. The molecule has 3 atom stereocenters. The van der Waals surface area contributed by atoms with Crippen LogP contribution in [0.5, 0.6) is 11.5 Å². The number of carbonyl (C=O) groups excluding carboxylic acids is 1. The van der Waals surface area contributed by atoms with Crippen LogP contribution in [0.2, 0.25) is 0 Å². The lowest BCUT2D eigenvalue weighted by molar-refractivity contribution is 0.0308. The number of morpholine rings is 1. The van der Waals surface area contributed by atoms with Crippen molar-refractivity contribution in [3.8, 4) is 11.5 Å². The Morgan fingerprint density at radius 2 is 1.84 bits per heavy atom. The van der Waals surface area contributed by atoms with E-state index in [-0.39, 0.29) is 24.1 Å². The molecule has 2 aromatic carbocycles. The van der Waals surface area contributed by atoms with Gasteiger partial charge < -0.3 is 34.7 Å². The Morgan fingerprint density at radius 1 is 1.06 bits per heavy atom. The van der Waals surface area contributed by atoms with E-state index in [1.54, 1.807) is 12.1 Å². The van der Waals surface area contributed by atoms with Gasteiger partial charge in [-0.15, -0.1) is 0 Å². The first-order valence-corrected chi connectivity index (χ1v) is 10.5. The molecule has 0 bridgehead atoms. The van der Waals surface area contributed by atoms with Gasteiger partial charge in [0.05, 0.1) is 25.9 Å². The highest BCUT2D eigenvalue weighted by molar-refractivity contribution is 5.93. The minimum atomic E-state index is -0.532. The summed E-state index contributed by atoms with van der Waals surface area (Å²) in [6.45, 7) is 4.92. The molecular weight excluding hydrogens is 400 g/mol. The highest BCUT2D eigenvalue weighted by Crippen LogP contribution is 2.30. The fourth-order valence-corrected chi connectivity index (χ4v) is 3.92. The molecule has 3 heterocycles. The van der Waals surface area contributed by atoms with Gasteiger partial charge >= 0.3 is 0 Å². The molecule has 0 aliphatic carbocycles. The van der Waals surface area contributed by atoms with E-state index in [2.05, 4.69) is 17.0 Å². The molecule has 0 radical (unpaired) electrons. The van der Waals surface area contributed by atoms with Crippen LogP contribution in [-0.4, -0.2) is 68.8 Å². The van der Waals surface area contributed by atoms with E-state index < -0.39 is 5.91 Å². The monoisotopic (exact) mass is 428 g/mol. The van der Waals surface area contributed by atoms with Crippen LogP contribution < -0.4 is 15.4 Å². The summed E-state index contributed by atoms with van der Waals surface area (Å²) in [7, 11) is 0. The van der Waals surface area contributed by atoms with Crippen molar-refractivity contribution in [1.82, 2.24) is 0 Å². The second kappa shape index (κ2) is 10.00. The van der Waals surface area contributed by atoms with Crippen molar-refractivity contribution >= 4 is 11.6 Å². The zero-order valence-electron chi connectivity index (χ0n) is 17.3. The Morgan fingerprint density at radius 3 is 2.52 bits per heavy atom. The topological polar surface area (TPSA) is 103 Å². The van der Waals surface area contributed by atoms with Crippen LogP contribution in [0.1, 0.15) is 16.8 Å². The number of phenols is 1. The van der Waals surface area contributed by atoms with Crippen LogP contribution in [0.4, 0.5) is 5.69 Å². The number of anilines is 1. The summed E-state index contributed by atoms with van der Waals surface area (Å²) in [5, 5.41) is 8.85. The zero-order valence-corrected chi connectivity index (χ0v) is 17.3. The van der Waals surface area contributed by atoms with Gasteiger partial charge in [-0.2, -0.15) is 0 Å². The molecule has 8 nitrogen and oxygen atoms in total. The number of nitrogens with zero attached hydrogens (tertiary/aromatic N) is 1. The van der Waals surface area contributed by atoms with Crippen molar-refractivity contribution in [2.24, 2.45) is 5.73 Å². The minimum absolute atomic E-state index is 0.0201. The molecule has 3 aliphatic heterocycles. The maximum atomic E-state index is 10.5. The number of nitrogens with two attached hydrogens (primary N) is 1. The van der Waals surface area contributed by atoms with Crippen LogP contribution in [0, 0.1) is 0 Å². The van der Waals surface area contributed by atoms with E-state index in [9.17, 15) is 4.79 Å². The van der Waals surface area contributed by atoms with Gasteiger partial charge in [0.15, 0.2) is 6.10 Å². The highest BCUT2D eigenvalue weighted by Gasteiger charge is 2.43. The number of carbonyl (C=O) groups is 1. The van der Waals surface area contributed by atoms with Gasteiger partial charge in [-0.25, -0.2) is 0 Å². The number of rotatable bonds is 4. The lowest BCUT2D eigenvalue weighted by Crippen LogP contribution is -2.36. The van der Waals surface area contributed by atoms with E-state index in [0.29, 0.717) is 12.2 Å². The van der Waals surface area contributed by atoms with E-state index in [4.69, 9.17) is 29.8 Å². The van der Waals surface area contributed by atoms with Crippen LogP contribution >= 0.6 is 0 Å². The number of primary amides is 1. The Bertz CT molecular complexity index is 869. The molecule has 3 unspecified atom stereocenters. The van der Waals surface area contributed by atoms with E-state index in [1.165, 1.54) is 17.8 Å². The molecule has 8 heteroatoms. The summed E-state index contributed by atoms with van der Waals surface area (Å²) >= 11 is 0. The third kappa shape index (κ3) is 5.46. The summed E-state index contributed by atoms with van der Waals surface area (Å²) in [6, 6.07) is 14.2. The largest absolute Gasteiger partial charge is 0.508 e. The summed E-state index contributed by atoms with van der Waals surface area (Å²) in [6.07, 6.45) is 1.33. The van der Waals surface area contributed by atoms with Crippen LogP contribution in [0.15, 0.2) is 48.5 Å². The molecule has 5 rings (SSSR count). The predicted molar refractivity (Wildman–Crippen MR) is 115 cm³/mol. The maximum Gasteiger partial charge on any atom is 0.248 e. The first-order valence-electron chi connectivity index (χ1n) is 10.5. The summed E-state index contributed by atoms with van der Waals surface area (Å²) in [5.41, 5.74) is 6.48. The molecule has 3 N–H and O–H groups in total. The Hall–Kier alpha value is -2.81. The van der Waals surface area contributed by atoms with Gasteiger partial charge in [-0.3, -0.25) is 4.79 Å². The first-order chi connectivity index (χ1) is 15.1. The normalized spacial score (nSPS) is 24.8. The molecular formula is C23H28N2O6. The number of aromatic hydroxyl groups is 1. The standard InChI is InChI=1S/C16H21NO4.C7H7NO2/c1-3-13(4-2-12(1)17-6-9-18-10-7-17)21-15-11-20-14-5-8-19-16(14)15;8-7(10)5-2-1-3-6(9)4-5/h1-4,14-16H,5-11H2;1-4,9H,(H2,8,10). The van der Waals surface area contributed by atoms with Gasteiger partial charge in [-0.05, 0) is 48.9 Å². The van der Waals surface area contributed by atoms with Gasteiger partial charge in [0.2, 0.25) is 5.91 Å². The third-order valence-electron chi connectivity index (χ3n) is 5.55. The van der Waals surface area contributed by atoms with E-state index in [0.717, 1.165) is 45.1 Å². The number of benzene rings is 2. The van der Waals surface area contributed by atoms with E-state index >= 15 is 0 Å². The van der Waals surface area contributed by atoms with Crippen LogP contribution in [0.3, 0.4) is 0 Å². The number of fused-ring (bicyclic) bond motifs is 1. The van der Waals surface area contributed by atoms with Crippen LogP contribution in [0.25, 0.3) is 0 Å². The lowest BCUT2D eigenvalue weighted by Gasteiger charge is -2.29. The molecule has 31 heavy (non-hydrogen) atoms. The van der Waals surface area contributed by atoms with Crippen molar-refractivity contribution in [3.05, 3.63) is 54.1 Å². The lowest BCUT2D eigenvalue weighted by atomic mass is 10.1. The number of phenolic OH excluding ortho intramolecular Hbond substituents is 1. The minimum Gasteiger partial charge on any atom is -0.508 e. The second-order valence-electron chi connectivity index (χ2n) is 7.66. The van der Waals surface area contributed by atoms with Gasteiger partial charge in [-0.1, -0.05) is 6.07 Å². The van der Waals surface area contributed by atoms with Crippen molar-refractivity contribution < 1.29 is 28.8 Å². The van der Waals surface area contributed by atoms with Gasteiger partial charge in [0, 0.05) is 30.9 Å². The summed E-state index contributed by atoms with van der Waals surface area (Å²) < 4.78 is 22.8. The van der Waals surface area contributed by atoms with Crippen molar-refractivity contribution in [2.45, 2.75) is 24.7 Å². The number of hydrogen-bond donors (Lipinski definition) is 2. The van der Waals surface area contributed by atoms with Gasteiger partial charge in [0.25, 0.3) is 0 Å². The molecule has 2 aromatic rings. The first kappa shape index (κ1) is 21.4. The zero-order chi connectivity index (χ0) is 21.6. The molecule has 3 fully saturated rings. The van der Waals surface area contributed by atoms with Crippen molar-refractivity contribution in [1.29, 1.82) is 0 Å². The SMILES string of the molecule is NC(=O)c1cccc(O)c1.c1cc(N2CCOCC2)ccc1OC1COC2CCOC21. The Balaban J connectivity index is 0.000000196. The fourth-order valence-electron chi connectivity index (χ4n) is 3.92. The predicted octanol–water partition coefficient (Wildman–Crippen LogP) is 1.95. The Kier molecular flexibility index (Phi) is 6.91. The molecule has 3 saturated heterocycles. The molecule has 1 amide bonds. The summed E-state index contributed by atoms with van der Waals surface area (Å²) in [5.74, 6) is 0.406. The van der Waals surface area contributed by atoms with Crippen molar-refractivity contribution in [2.75, 3.05) is 44.4 Å². The molecule has 166 valence electrons. The quantitative estimate of drug-likeness (QED) is 0.767. The van der Waals surface area contributed by atoms with Gasteiger partial charge in [0.1, 0.15) is 17.6 Å². The van der Waals surface area contributed by atoms with Crippen molar-refractivity contribution in [3.63, 3.8) is 0 Å². The average molecular weight is 428 g/mol.